The number of rotatable bonds is 10. The van der Waals surface area contributed by atoms with Crippen molar-refractivity contribution in [1.29, 1.82) is 0 Å². The summed E-state index contributed by atoms with van der Waals surface area (Å²) in [5.41, 5.74) is 0.299. The van der Waals surface area contributed by atoms with Gasteiger partial charge >= 0.3 is 12.2 Å². The van der Waals surface area contributed by atoms with Crippen LogP contribution < -0.4 is 14.8 Å². The van der Waals surface area contributed by atoms with E-state index < -0.39 is 11.7 Å². The van der Waals surface area contributed by atoms with Crippen LogP contribution in [0.2, 0.25) is 0 Å². The molecule has 0 spiro atoms. The van der Waals surface area contributed by atoms with Gasteiger partial charge in [-0.25, -0.2) is 4.98 Å². The van der Waals surface area contributed by atoms with Crippen molar-refractivity contribution >= 4 is 11.5 Å². The molecule has 31 heavy (non-hydrogen) atoms. The largest absolute Gasteiger partial charge is 0.494 e. The summed E-state index contributed by atoms with van der Waals surface area (Å²) in [4.78, 5) is 7.68. The predicted molar refractivity (Wildman–Crippen MR) is 113 cm³/mol. The number of nitrogens with one attached hydrogen (secondary N) is 1. The summed E-state index contributed by atoms with van der Waals surface area (Å²) >= 11 is 0. The zero-order valence-electron chi connectivity index (χ0n) is 17.2. The summed E-state index contributed by atoms with van der Waals surface area (Å²) < 4.78 is 51.6. The predicted octanol–water partition coefficient (Wildman–Crippen LogP) is 6.39. The molecule has 8 heteroatoms. The molecule has 0 saturated heterocycles. The van der Waals surface area contributed by atoms with Gasteiger partial charge in [-0.1, -0.05) is 56.2 Å². The van der Waals surface area contributed by atoms with Gasteiger partial charge in [-0.05, 0) is 24.1 Å². The first-order chi connectivity index (χ1) is 15.0. The Hall–Kier alpha value is -3.29. The van der Waals surface area contributed by atoms with Gasteiger partial charge in [0.25, 0.3) is 0 Å². The average Bonchev–Trinajstić information content (AvgIpc) is 2.76. The fraction of sp³-hybridized carbons (Fsp3) is 0.304. The number of hydrogen-bond donors (Lipinski definition) is 1. The second kappa shape index (κ2) is 10.7. The second-order valence-electron chi connectivity index (χ2n) is 6.90. The first-order valence-electron chi connectivity index (χ1n) is 10.1. The number of hydrogen-bond acceptors (Lipinski definition) is 5. The Balaban J connectivity index is 1.76. The van der Waals surface area contributed by atoms with Crippen molar-refractivity contribution in [2.24, 2.45) is 0 Å². The van der Waals surface area contributed by atoms with E-state index in [4.69, 9.17) is 9.47 Å². The van der Waals surface area contributed by atoms with Crippen LogP contribution in [0.4, 0.5) is 24.7 Å². The molecule has 0 saturated carbocycles. The molecule has 2 aromatic carbocycles. The molecular weight excluding hydrogens is 407 g/mol. The molecule has 0 radical (unpaired) electrons. The standard InChI is InChI=1S/C23H24F3N3O2/c1-2-3-7-13-30-19-12-8-11-18(14-19)28-21-20(23(24,25)26)15-27-22(29-21)31-16-17-9-5-4-6-10-17/h4-6,8-12,14-15H,2-3,7,13,16H2,1H3,(H,27,28,29). The highest BCUT2D eigenvalue weighted by atomic mass is 19.4. The summed E-state index contributed by atoms with van der Waals surface area (Å²) in [6.45, 7) is 2.80. The SMILES string of the molecule is CCCCCOc1cccc(Nc2nc(OCc3ccccc3)ncc2C(F)(F)F)c1. The highest BCUT2D eigenvalue weighted by molar-refractivity contribution is 5.61. The normalized spacial score (nSPS) is 11.2. The van der Waals surface area contributed by atoms with Crippen molar-refractivity contribution in [3.05, 3.63) is 71.9 Å². The van der Waals surface area contributed by atoms with Crippen LogP contribution in [0.1, 0.15) is 37.3 Å². The van der Waals surface area contributed by atoms with Gasteiger partial charge in [0.2, 0.25) is 0 Å². The molecule has 0 unspecified atom stereocenters. The van der Waals surface area contributed by atoms with Gasteiger partial charge < -0.3 is 14.8 Å². The van der Waals surface area contributed by atoms with Crippen molar-refractivity contribution in [3.8, 4) is 11.8 Å². The molecule has 0 aliphatic rings. The van der Waals surface area contributed by atoms with Crippen LogP contribution in [0, 0.1) is 0 Å². The Bertz CT molecular complexity index is 966. The number of benzene rings is 2. The van der Waals surface area contributed by atoms with Crippen molar-refractivity contribution in [2.45, 2.75) is 39.0 Å². The van der Waals surface area contributed by atoms with Gasteiger partial charge in [0.1, 0.15) is 23.7 Å². The van der Waals surface area contributed by atoms with E-state index in [1.54, 1.807) is 24.3 Å². The van der Waals surface area contributed by atoms with Gasteiger partial charge in [0.15, 0.2) is 0 Å². The van der Waals surface area contributed by atoms with Gasteiger partial charge in [0, 0.05) is 18.0 Å². The van der Waals surface area contributed by atoms with Gasteiger partial charge in [-0.2, -0.15) is 18.2 Å². The molecule has 0 bridgehead atoms. The van der Waals surface area contributed by atoms with E-state index in [1.807, 2.05) is 30.3 Å². The van der Waals surface area contributed by atoms with Gasteiger partial charge in [-0.3, -0.25) is 0 Å². The van der Waals surface area contributed by atoms with E-state index >= 15 is 0 Å². The molecule has 0 aliphatic heterocycles. The summed E-state index contributed by atoms with van der Waals surface area (Å²) in [6.07, 6.45) is -0.844. The maximum absolute atomic E-state index is 13.5. The zero-order valence-corrected chi connectivity index (χ0v) is 17.2. The molecule has 0 atom stereocenters. The molecule has 3 rings (SSSR count). The molecule has 1 aromatic heterocycles. The third-order valence-corrected chi connectivity index (χ3v) is 4.40. The lowest BCUT2D eigenvalue weighted by Crippen LogP contribution is -2.12. The molecule has 5 nitrogen and oxygen atoms in total. The Labute approximate surface area is 179 Å². The number of ether oxygens (including phenoxy) is 2. The quantitative estimate of drug-likeness (QED) is 0.377. The number of anilines is 2. The Kier molecular flexibility index (Phi) is 7.70. The van der Waals surface area contributed by atoms with Crippen LogP contribution in [-0.2, 0) is 12.8 Å². The number of aromatic nitrogens is 2. The van der Waals surface area contributed by atoms with Crippen LogP contribution >= 0.6 is 0 Å². The zero-order chi connectivity index (χ0) is 22.1. The molecule has 164 valence electrons. The van der Waals surface area contributed by atoms with Gasteiger partial charge in [-0.15, -0.1) is 0 Å². The molecule has 0 fully saturated rings. The minimum Gasteiger partial charge on any atom is -0.494 e. The Morgan fingerprint density at radius 3 is 2.52 bits per heavy atom. The highest BCUT2D eigenvalue weighted by Crippen LogP contribution is 2.35. The number of halogens is 3. The minimum atomic E-state index is -4.62. The second-order valence-corrected chi connectivity index (χ2v) is 6.90. The first-order valence-corrected chi connectivity index (χ1v) is 10.1. The molecule has 1 N–H and O–H groups in total. The summed E-state index contributed by atoms with van der Waals surface area (Å²) in [7, 11) is 0. The molecule has 1 heterocycles. The minimum absolute atomic E-state index is 0.146. The van der Waals surface area contributed by atoms with E-state index in [-0.39, 0.29) is 18.4 Å². The highest BCUT2D eigenvalue weighted by Gasteiger charge is 2.35. The van der Waals surface area contributed by atoms with Crippen molar-refractivity contribution in [2.75, 3.05) is 11.9 Å². The van der Waals surface area contributed by atoms with Crippen LogP contribution in [0.3, 0.4) is 0 Å². The first kappa shape index (κ1) is 22.4. The van der Waals surface area contributed by atoms with Crippen LogP contribution in [-0.4, -0.2) is 16.6 Å². The van der Waals surface area contributed by atoms with E-state index in [2.05, 4.69) is 22.2 Å². The molecule has 0 amide bonds. The average molecular weight is 431 g/mol. The lowest BCUT2D eigenvalue weighted by molar-refractivity contribution is -0.137. The van der Waals surface area contributed by atoms with Crippen molar-refractivity contribution in [1.82, 2.24) is 9.97 Å². The maximum atomic E-state index is 13.5. The lowest BCUT2D eigenvalue weighted by atomic mass is 10.2. The molecular formula is C23H24F3N3O2. The summed E-state index contributed by atoms with van der Waals surface area (Å²) in [5, 5.41) is 2.73. The van der Waals surface area contributed by atoms with E-state index in [0.717, 1.165) is 31.0 Å². The van der Waals surface area contributed by atoms with Crippen LogP contribution in [0.5, 0.6) is 11.8 Å². The molecule has 0 aliphatic carbocycles. The fourth-order valence-electron chi connectivity index (χ4n) is 2.80. The van der Waals surface area contributed by atoms with E-state index in [9.17, 15) is 13.2 Å². The summed E-state index contributed by atoms with van der Waals surface area (Å²) in [6, 6.07) is 15.8. The third kappa shape index (κ3) is 6.87. The monoisotopic (exact) mass is 431 g/mol. The third-order valence-electron chi connectivity index (χ3n) is 4.40. The smallest absolute Gasteiger partial charge is 0.421 e. The van der Waals surface area contributed by atoms with Crippen LogP contribution in [0.25, 0.3) is 0 Å². The summed E-state index contributed by atoms with van der Waals surface area (Å²) in [5.74, 6) is 0.193. The number of unbranched alkanes of at least 4 members (excludes halogenated alkanes) is 2. The van der Waals surface area contributed by atoms with Crippen molar-refractivity contribution < 1.29 is 22.6 Å². The van der Waals surface area contributed by atoms with E-state index in [0.29, 0.717) is 18.0 Å². The Morgan fingerprint density at radius 2 is 1.77 bits per heavy atom. The topological polar surface area (TPSA) is 56.3 Å². The maximum Gasteiger partial charge on any atom is 0.421 e. The fourth-order valence-corrected chi connectivity index (χ4v) is 2.80. The number of nitrogens with zero attached hydrogens (tertiary/aromatic N) is 2. The van der Waals surface area contributed by atoms with E-state index in [1.165, 1.54) is 0 Å². The molecule has 3 aromatic rings. The van der Waals surface area contributed by atoms with Gasteiger partial charge in [0.05, 0.1) is 6.61 Å². The lowest BCUT2D eigenvalue weighted by Gasteiger charge is -2.15. The Morgan fingerprint density at radius 1 is 0.968 bits per heavy atom. The number of alkyl halides is 3. The van der Waals surface area contributed by atoms with Crippen molar-refractivity contribution in [3.63, 3.8) is 0 Å². The van der Waals surface area contributed by atoms with Crippen LogP contribution in [0.15, 0.2) is 60.8 Å².